The molecule has 1 aliphatic heterocycles. The highest BCUT2D eigenvalue weighted by atomic mass is 19.1. The maximum atomic E-state index is 15.0. The van der Waals surface area contributed by atoms with Gasteiger partial charge in [-0.05, 0) is 74.8 Å². The molecule has 1 atom stereocenters. The van der Waals surface area contributed by atoms with Crippen LogP contribution in [-0.4, -0.2) is 37.1 Å². The summed E-state index contributed by atoms with van der Waals surface area (Å²) >= 11 is 0. The number of aromatic nitrogens is 3. The third-order valence-electron chi connectivity index (χ3n) is 6.68. The number of hydrogen-bond acceptors (Lipinski definition) is 5. The largest absolute Gasteiger partial charge is 0.390 e. The van der Waals surface area contributed by atoms with E-state index in [0.29, 0.717) is 36.3 Å². The number of halogens is 1. The number of hydrogen-bond donors (Lipinski definition) is 2. The van der Waals surface area contributed by atoms with Crippen molar-refractivity contribution in [1.29, 1.82) is 0 Å². The fourth-order valence-corrected chi connectivity index (χ4v) is 5.09. The lowest BCUT2D eigenvalue weighted by Crippen LogP contribution is -2.48. The number of nitrogens with zero attached hydrogens (tertiary/aromatic N) is 4. The minimum Gasteiger partial charge on any atom is -0.390 e. The van der Waals surface area contributed by atoms with Crippen LogP contribution in [0.2, 0.25) is 0 Å². The Morgan fingerprint density at radius 1 is 1.31 bits per heavy atom. The molecule has 0 amide bonds. The fourth-order valence-electron chi connectivity index (χ4n) is 5.09. The van der Waals surface area contributed by atoms with Gasteiger partial charge in [-0.2, -0.15) is 0 Å². The van der Waals surface area contributed by atoms with Crippen LogP contribution in [0.1, 0.15) is 52.5 Å². The first kappa shape index (κ1) is 21.1. The molecular formula is C25H30FN5O. The van der Waals surface area contributed by atoms with Crippen molar-refractivity contribution in [2.24, 2.45) is 16.8 Å². The number of fused-ring (bicyclic) bond motifs is 2. The van der Waals surface area contributed by atoms with Gasteiger partial charge >= 0.3 is 0 Å². The average Bonchev–Trinajstić information content (AvgIpc) is 3.10. The van der Waals surface area contributed by atoms with Crippen LogP contribution in [0.3, 0.4) is 0 Å². The minimum absolute atomic E-state index is 0.176. The predicted octanol–water partition coefficient (Wildman–Crippen LogP) is 5.17. The van der Waals surface area contributed by atoms with Crippen molar-refractivity contribution in [2.45, 2.75) is 65.0 Å². The smallest absolute Gasteiger partial charge is 0.241 e. The summed E-state index contributed by atoms with van der Waals surface area (Å²) in [4.78, 5) is 9.07. The van der Waals surface area contributed by atoms with Gasteiger partial charge < -0.3 is 10.4 Å². The van der Waals surface area contributed by atoms with Crippen molar-refractivity contribution in [3.63, 3.8) is 0 Å². The van der Waals surface area contributed by atoms with E-state index in [9.17, 15) is 5.11 Å². The molecule has 2 aromatic heterocycles. The third-order valence-corrected chi connectivity index (χ3v) is 6.68. The lowest BCUT2D eigenvalue weighted by Gasteiger charge is -2.41. The lowest BCUT2D eigenvalue weighted by molar-refractivity contribution is -0.0236. The highest BCUT2D eigenvalue weighted by Gasteiger charge is 2.38. The highest BCUT2D eigenvalue weighted by molar-refractivity contribution is 5.90. The second-order valence-corrected chi connectivity index (χ2v) is 10.1. The van der Waals surface area contributed by atoms with Crippen molar-refractivity contribution < 1.29 is 9.50 Å². The second kappa shape index (κ2) is 7.66. The van der Waals surface area contributed by atoms with Crippen LogP contribution < -0.4 is 5.32 Å². The standard InChI is InChI=1S/C25H30FN5O/c1-14(2)7-16-8-18-9-17(10-21(26)23(18)28-15(16)3)20-5-6-31-22(20)13-27-24(30-31)29-19-11-25(4,32)12-19/h5-6,9-10,13-14,16,19,32H,7-8,11-12H2,1-4H3,(H,29,30)/t16-,19?,25?/m0/s1. The van der Waals surface area contributed by atoms with Gasteiger partial charge in [0.1, 0.15) is 11.5 Å². The molecule has 7 heteroatoms. The molecule has 1 aromatic carbocycles. The first-order chi connectivity index (χ1) is 15.2. The van der Waals surface area contributed by atoms with Crippen LogP contribution in [0, 0.1) is 17.7 Å². The summed E-state index contributed by atoms with van der Waals surface area (Å²) in [5, 5.41) is 17.7. The quantitative estimate of drug-likeness (QED) is 0.580. The van der Waals surface area contributed by atoms with Gasteiger partial charge in [0.25, 0.3) is 0 Å². The molecule has 1 aliphatic carbocycles. The average molecular weight is 436 g/mol. The Morgan fingerprint density at radius 3 is 2.81 bits per heavy atom. The van der Waals surface area contributed by atoms with Gasteiger partial charge in [0.15, 0.2) is 0 Å². The van der Waals surface area contributed by atoms with Crippen molar-refractivity contribution >= 4 is 22.9 Å². The van der Waals surface area contributed by atoms with Crippen LogP contribution >= 0.6 is 0 Å². The van der Waals surface area contributed by atoms with Crippen molar-refractivity contribution in [3.8, 4) is 11.1 Å². The zero-order valence-electron chi connectivity index (χ0n) is 19.1. The topological polar surface area (TPSA) is 74.8 Å². The van der Waals surface area contributed by atoms with E-state index in [1.165, 1.54) is 0 Å². The first-order valence-electron chi connectivity index (χ1n) is 11.4. The van der Waals surface area contributed by atoms with Crippen LogP contribution in [0.4, 0.5) is 16.0 Å². The maximum Gasteiger partial charge on any atom is 0.241 e. The molecule has 5 rings (SSSR count). The number of aliphatic imine (C=N–C) groups is 1. The van der Waals surface area contributed by atoms with Crippen LogP contribution in [-0.2, 0) is 6.42 Å². The molecular weight excluding hydrogens is 405 g/mol. The predicted molar refractivity (Wildman–Crippen MR) is 125 cm³/mol. The van der Waals surface area contributed by atoms with Gasteiger partial charge in [0.2, 0.25) is 5.95 Å². The molecule has 1 saturated carbocycles. The van der Waals surface area contributed by atoms with Gasteiger partial charge in [-0.15, -0.1) is 5.10 Å². The molecule has 2 N–H and O–H groups in total. The van der Waals surface area contributed by atoms with Crippen LogP contribution in [0.15, 0.2) is 35.6 Å². The molecule has 3 heterocycles. The first-order valence-corrected chi connectivity index (χ1v) is 11.4. The van der Waals surface area contributed by atoms with Gasteiger partial charge in [-0.3, -0.25) is 4.99 Å². The molecule has 0 unspecified atom stereocenters. The van der Waals surface area contributed by atoms with Crippen molar-refractivity contribution in [3.05, 3.63) is 42.0 Å². The zero-order chi connectivity index (χ0) is 22.6. The van der Waals surface area contributed by atoms with E-state index >= 15 is 4.39 Å². The molecule has 32 heavy (non-hydrogen) atoms. The summed E-state index contributed by atoms with van der Waals surface area (Å²) in [6, 6.07) is 5.76. The molecule has 0 radical (unpaired) electrons. The van der Waals surface area contributed by atoms with E-state index in [1.54, 1.807) is 16.8 Å². The van der Waals surface area contributed by atoms with Crippen molar-refractivity contribution in [2.75, 3.05) is 5.32 Å². The Kier molecular flexibility index (Phi) is 5.04. The van der Waals surface area contributed by atoms with Gasteiger partial charge in [-0.1, -0.05) is 13.8 Å². The number of rotatable bonds is 5. The summed E-state index contributed by atoms with van der Waals surface area (Å²) in [5.41, 5.74) is 4.41. The molecule has 0 saturated heterocycles. The Balaban J connectivity index is 1.44. The van der Waals surface area contributed by atoms with Gasteiger partial charge in [-0.25, -0.2) is 13.9 Å². The molecule has 6 nitrogen and oxygen atoms in total. The number of nitrogens with one attached hydrogen (secondary N) is 1. The number of anilines is 1. The molecule has 0 spiro atoms. The Morgan fingerprint density at radius 2 is 2.09 bits per heavy atom. The second-order valence-electron chi connectivity index (χ2n) is 10.1. The van der Waals surface area contributed by atoms with E-state index in [-0.39, 0.29) is 11.9 Å². The van der Waals surface area contributed by atoms with Gasteiger partial charge in [0, 0.05) is 29.4 Å². The van der Waals surface area contributed by atoms with E-state index in [0.717, 1.165) is 40.8 Å². The minimum atomic E-state index is -0.602. The molecule has 0 bridgehead atoms. The summed E-state index contributed by atoms with van der Waals surface area (Å²) in [5.74, 6) is 1.17. The summed E-state index contributed by atoms with van der Waals surface area (Å²) in [6.07, 6.45) is 6.86. The molecule has 1 fully saturated rings. The Hall–Kier alpha value is -2.80. The molecule has 3 aromatic rings. The zero-order valence-corrected chi connectivity index (χ0v) is 19.1. The van der Waals surface area contributed by atoms with E-state index in [2.05, 4.69) is 40.3 Å². The van der Waals surface area contributed by atoms with Crippen molar-refractivity contribution in [1.82, 2.24) is 14.6 Å². The highest BCUT2D eigenvalue weighted by Crippen LogP contribution is 2.38. The number of benzene rings is 1. The van der Waals surface area contributed by atoms with Gasteiger partial charge in [0.05, 0.1) is 17.3 Å². The third kappa shape index (κ3) is 3.90. The van der Waals surface area contributed by atoms with E-state index in [4.69, 9.17) is 0 Å². The Bertz CT molecular complexity index is 1200. The Labute approximate surface area is 187 Å². The fraction of sp³-hybridized carbons (Fsp3) is 0.480. The van der Waals surface area contributed by atoms with E-state index in [1.807, 2.05) is 26.1 Å². The normalized spacial score (nSPS) is 24.9. The van der Waals surface area contributed by atoms with Crippen LogP contribution in [0.5, 0.6) is 0 Å². The maximum absolute atomic E-state index is 15.0. The number of aliphatic hydroxyl groups is 1. The molecule has 168 valence electrons. The van der Waals surface area contributed by atoms with Crippen LogP contribution in [0.25, 0.3) is 16.6 Å². The SMILES string of the molecule is CC1=Nc2c(F)cc(-c3ccn4nc(NC5CC(C)(O)C5)ncc34)cc2C[C@@H]1CC(C)C. The summed E-state index contributed by atoms with van der Waals surface area (Å²) < 4.78 is 16.8. The summed E-state index contributed by atoms with van der Waals surface area (Å²) in [7, 11) is 0. The monoisotopic (exact) mass is 435 g/mol. The van der Waals surface area contributed by atoms with E-state index < -0.39 is 5.60 Å². The summed E-state index contributed by atoms with van der Waals surface area (Å²) in [6.45, 7) is 8.27. The molecule has 2 aliphatic rings. The lowest BCUT2D eigenvalue weighted by atomic mass is 9.77.